The zero-order valence-electron chi connectivity index (χ0n) is 14.7. The number of benzene rings is 2. The van der Waals surface area contributed by atoms with E-state index >= 15 is 0 Å². The number of nitrogens with zero attached hydrogens (tertiary/aromatic N) is 1. The minimum Gasteiger partial charge on any atom is -0.497 e. The first kappa shape index (κ1) is 16.8. The Morgan fingerprint density at radius 2 is 1.79 bits per heavy atom. The van der Waals surface area contributed by atoms with Crippen LogP contribution in [0.25, 0.3) is 0 Å². The van der Waals surface area contributed by atoms with Crippen LogP contribution in [0.5, 0.6) is 11.5 Å². The molecule has 0 bridgehead atoms. The SMILES string of the molecule is COc1ccc(C(c2cccc(C)c2)N2CCNCC2)c(OC)c1. The van der Waals surface area contributed by atoms with Crippen LogP contribution in [0.1, 0.15) is 22.7 Å². The summed E-state index contributed by atoms with van der Waals surface area (Å²) in [5, 5.41) is 3.44. The molecule has 128 valence electrons. The molecule has 0 amide bonds. The fraction of sp³-hybridized carbons (Fsp3) is 0.400. The van der Waals surface area contributed by atoms with E-state index in [1.807, 2.05) is 12.1 Å². The first-order valence-electron chi connectivity index (χ1n) is 8.46. The topological polar surface area (TPSA) is 33.7 Å². The molecule has 0 aromatic heterocycles. The molecule has 1 atom stereocenters. The van der Waals surface area contributed by atoms with Crippen molar-refractivity contribution in [2.24, 2.45) is 0 Å². The molecule has 1 aliphatic rings. The Morgan fingerprint density at radius 3 is 2.46 bits per heavy atom. The molecular formula is C20H26N2O2. The monoisotopic (exact) mass is 326 g/mol. The number of methoxy groups -OCH3 is 2. The summed E-state index contributed by atoms with van der Waals surface area (Å²) in [6.45, 7) is 6.22. The van der Waals surface area contributed by atoms with Crippen LogP contribution in [-0.4, -0.2) is 45.3 Å². The summed E-state index contributed by atoms with van der Waals surface area (Å²) in [6, 6.07) is 15.1. The molecule has 1 unspecified atom stereocenters. The molecule has 4 heteroatoms. The van der Waals surface area contributed by atoms with E-state index in [-0.39, 0.29) is 6.04 Å². The van der Waals surface area contributed by atoms with Gasteiger partial charge in [0.15, 0.2) is 0 Å². The van der Waals surface area contributed by atoms with Crippen molar-refractivity contribution in [2.45, 2.75) is 13.0 Å². The van der Waals surface area contributed by atoms with Gasteiger partial charge in [-0.15, -0.1) is 0 Å². The van der Waals surface area contributed by atoms with Crippen LogP contribution in [0.4, 0.5) is 0 Å². The molecule has 4 nitrogen and oxygen atoms in total. The molecule has 1 saturated heterocycles. The number of hydrogen-bond donors (Lipinski definition) is 1. The van der Waals surface area contributed by atoms with Gasteiger partial charge in [0.1, 0.15) is 11.5 Å². The van der Waals surface area contributed by atoms with Crippen molar-refractivity contribution in [3.05, 3.63) is 59.2 Å². The standard InChI is InChI=1S/C20H26N2O2/c1-15-5-4-6-16(13-15)20(22-11-9-21-10-12-22)18-8-7-17(23-2)14-19(18)24-3/h4-8,13-14,20-21H,9-12H2,1-3H3. The first-order valence-corrected chi connectivity index (χ1v) is 8.46. The van der Waals surface area contributed by atoms with Gasteiger partial charge in [0.25, 0.3) is 0 Å². The third kappa shape index (κ3) is 3.55. The quantitative estimate of drug-likeness (QED) is 0.916. The van der Waals surface area contributed by atoms with E-state index in [1.54, 1.807) is 14.2 Å². The van der Waals surface area contributed by atoms with Gasteiger partial charge < -0.3 is 14.8 Å². The van der Waals surface area contributed by atoms with Crippen LogP contribution in [0.3, 0.4) is 0 Å². The maximum absolute atomic E-state index is 5.69. The lowest BCUT2D eigenvalue weighted by molar-refractivity contribution is 0.195. The van der Waals surface area contributed by atoms with E-state index in [9.17, 15) is 0 Å². The largest absolute Gasteiger partial charge is 0.497 e. The smallest absolute Gasteiger partial charge is 0.127 e. The Bertz CT molecular complexity index is 681. The molecule has 24 heavy (non-hydrogen) atoms. The third-order valence-corrected chi connectivity index (χ3v) is 4.61. The van der Waals surface area contributed by atoms with Gasteiger partial charge in [0.05, 0.1) is 20.3 Å². The molecular weight excluding hydrogens is 300 g/mol. The van der Waals surface area contributed by atoms with Gasteiger partial charge in [-0.1, -0.05) is 29.8 Å². The van der Waals surface area contributed by atoms with E-state index in [0.29, 0.717) is 0 Å². The third-order valence-electron chi connectivity index (χ3n) is 4.61. The summed E-state index contributed by atoms with van der Waals surface area (Å²) in [6.07, 6.45) is 0. The second kappa shape index (κ2) is 7.69. The van der Waals surface area contributed by atoms with Crippen molar-refractivity contribution < 1.29 is 9.47 Å². The number of ether oxygens (including phenoxy) is 2. The highest BCUT2D eigenvalue weighted by molar-refractivity contribution is 5.46. The lowest BCUT2D eigenvalue weighted by atomic mass is 9.94. The van der Waals surface area contributed by atoms with E-state index in [0.717, 1.165) is 37.7 Å². The fourth-order valence-corrected chi connectivity index (χ4v) is 3.41. The Hall–Kier alpha value is -2.04. The van der Waals surface area contributed by atoms with Gasteiger partial charge in [-0.2, -0.15) is 0 Å². The summed E-state index contributed by atoms with van der Waals surface area (Å²) in [5.41, 5.74) is 3.77. The van der Waals surface area contributed by atoms with E-state index < -0.39 is 0 Å². The van der Waals surface area contributed by atoms with Crippen molar-refractivity contribution in [1.82, 2.24) is 10.2 Å². The van der Waals surface area contributed by atoms with Gasteiger partial charge in [-0.3, -0.25) is 4.90 Å². The fourth-order valence-electron chi connectivity index (χ4n) is 3.41. The highest BCUT2D eigenvalue weighted by atomic mass is 16.5. The molecule has 0 aliphatic carbocycles. The van der Waals surface area contributed by atoms with E-state index in [2.05, 4.69) is 47.5 Å². The molecule has 0 spiro atoms. The molecule has 0 radical (unpaired) electrons. The molecule has 0 saturated carbocycles. The van der Waals surface area contributed by atoms with Crippen LogP contribution in [-0.2, 0) is 0 Å². The van der Waals surface area contributed by atoms with Crippen LogP contribution in [0.2, 0.25) is 0 Å². The number of rotatable bonds is 5. The average Bonchev–Trinajstić information content (AvgIpc) is 2.63. The number of hydrogen-bond acceptors (Lipinski definition) is 4. The number of nitrogens with one attached hydrogen (secondary N) is 1. The molecule has 3 rings (SSSR count). The van der Waals surface area contributed by atoms with Crippen molar-refractivity contribution in [3.63, 3.8) is 0 Å². The Balaban J connectivity index is 2.07. The minimum atomic E-state index is 0.188. The Labute approximate surface area is 144 Å². The Kier molecular flexibility index (Phi) is 5.38. The molecule has 1 heterocycles. The van der Waals surface area contributed by atoms with Crippen LogP contribution >= 0.6 is 0 Å². The predicted molar refractivity (Wildman–Crippen MR) is 97.0 cm³/mol. The van der Waals surface area contributed by atoms with Crippen LogP contribution in [0.15, 0.2) is 42.5 Å². The van der Waals surface area contributed by atoms with Crippen molar-refractivity contribution in [3.8, 4) is 11.5 Å². The average molecular weight is 326 g/mol. The van der Waals surface area contributed by atoms with E-state index in [4.69, 9.17) is 9.47 Å². The lowest BCUT2D eigenvalue weighted by Gasteiger charge is -2.36. The maximum atomic E-state index is 5.69. The normalized spacial score (nSPS) is 16.6. The molecule has 2 aromatic rings. The molecule has 1 N–H and O–H groups in total. The first-order chi connectivity index (χ1) is 11.7. The van der Waals surface area contributed by atoms with Crippen molar-refractivity contribution in [1.29, 1.82) is 0 Å². The zero-order valence-corrected chi connectivity index (χ0v) is 14.7. The van der Waals surface area contributed by atoms with Gasteiger partial charge in [0.2, 0.25) is 0 Å². The Morgan fingerprint density at radius 1 is 1.00 bits per heavy atom. The van der Waals surface area contributed by atoms with E-state index in [1.165, 1.54) is 16.7 Å². The van der Waals surface area contributed by atoms with Gasteiger partial charge in [0, 0.05) is 37.8 Å². The highest BCUT2D eigenvalue weighted by Crippen LogP contribution is 2.37. The maximum Gasteiger partial charge on any atom is 0.127 e. The number of aryl methyl sites for hydroxylation is 1. The zero-order chi connectivity index (χ0) is 16.9. The van der Waals surface area contributed by atoms with Crippen molar-refractivity contribution >= 4 is 0 Å². The molecule has 2 aromatic carbocycles. The summed E-state index contributed by atoms with van der Waals surface area (Å²) in [4.78, 5) is 2.52. The lowest BCUT2D eigenvalue weighted by Crippen LogP contribution is -2.45. The second-order valence-corrected chi connectivity index (χ2v) is 6.21. The summed E-state index contributed by atoms with van der Waals surface area (Å²) in [5.74, 6) is 1.69. The van der Waals surface area contributed by atoms with Gasteiger partial charge in [-0.25, -0.2) is 0 Å². The van der Waals surface area contributed by atoms with Crippen molar-refractivity contribution in [2.75, 3.05) is 40.4 Å². The molecule has 1 aliphatic heterocycles. The summed E-state index contributed by atoms with van der Waals surface area (Å²) >= 11 is 0. The minimum absolute atomic E-state index is 0.188. The predicted octanol–water partition coefficient (Wildman–Crippen LogP) is 3.01. The van der Waals surface area contributed by atoms with Gasteiger partial charge >= 0.3 is 0 Å². The summed E-state index contributed by atoms with van der Waals surface area (Å²) < 4.78 is 11.0. The molecule has 1 fully saturated rings. The highest BCUT2D eigenvalue weighted by Gasteiger charge is 2.26. The second-order valence-electron chi connectivity index (χ2n) is 6.21. The number of piperazine rings is 1. The van der Waals surface area contributed by atoms with Crippen LogP contribution in [0, 0.1) is 6.92 Å². The van der Waals surface area contributed by atoms with Crippen LogP contribution < -0.4 is 14.8 Å². The van der Waals surface area contributed by atoms with Gasteiger partial charge in [-0.05, 0) is 24.6 Å². The summed E-state index contributed by atoms with van der Waals surface area (Å²) in [7, 11) is 3.41.